The monoisotopic (exact) mass is 530 g/mol. The third kappa shape index (κ3) is 4.98. The van der Waals surface area contributed by atoms with Gasteiger partial charge in [0.15, 0.2) is 11.8 Å². The maximum Gasteiger partial charge on any atom is 0.416 e. The molecule has 0 saturated carbocycles. The zero-order chi connectivity index (χ0) is 28.4. The molecule has 0 aromatic heterocycles. The summed E-state index contributed by atoms with van der Waals surface area (Å²) in [6.45, 7) is 0. The smallest absolute Gasteiger partial charge is 0.206 e. The molecule has 3 aromatic rings. The Labute approximate surface area is 209 Å². The van der Waals surface area contributed by atoms with Gasteiger partial charge in [-0.25, -0.2) is 8.78 Å². The Bertz CT molecular complexity index is 1400. The molecule has 38 heavy (non-hydrogen) atoms. The summed E-state index contributed by atoms with van der Waals surface area (Å²) in [6.07, 6.45) is -9.56. The van der Waals surface area contributed by atoms with E-state index in [2.05, 4.69) is 0 Å². The van der Waals surface area contributed by atoms with Crippen molar-refractivity contribution in [2.24, 2.45) is 0 Å². The van der Waals surface area contributed by atoms with Gasteiger partial charge in [0.1, 0.15) is 11.6 Å². The topological polar surface area (TPSA) is 95.2 Å². The first-order valence-electron chi connectivity index (χ1n) is 10.3. The number of benzene rings is 3. The molecule has 0 spiro atoms. The lowest BCUT2D eigenvalue weighted by Crippen LogP contribution is -2.12. The molecule has 4 nitrogen and oxygen atoms in total. The van der Waals surface area contributed by atoms with Gasteiger partial charge in [0.2, 0.25) is 0 Å². The second-order valence-corrected chi connectivity index (χ2v) is 7.74. The van der Waals surface area contributed by atoms with E-state index < -0.39 is 80.3 Å². The van der Waals surface area contributed by atoms with Crippen LogP contribution in [0.4, 0.5) is 35.1 Å². The molecule has 0 unspecified atom stereocenters. The van der Waals surface area contributed by atoms with Crippen LogP contribution in [-0.2, 0) is 12.4 Å². The van der Waals surface area contributed by atoms with E-state index in [0.717, 1.165) is 24.3 Å². The normalized spacial score (nSPS) is 11.5. The molecule has 190 valence electrons. The van der Waals surface area contributed by atoms with Gasteiger partial charge in [-0.15, -0.1) is 0 Å². The Balaban J connectivity index is 2.49. The van der Waals surface area contributed by atoms with Crippen LogP contribution in [0.25, 0.3) is 22.3 Å². The van der Waals surface area contributed by atoms with Gasteiger partial charge in [-0.3, -0.25) is 0 Å². The minimum atomic E-state index is -4.78. The molecule has 3 rings (SSSR count). The number of nitriles is 4. The summed E-state index contributed by atoms with van der Waals surface area (Å²) in [5, 5.41) is 37.7. The molecule has 3 aromatic carbocycles. The van der Waals surface area contributed by atoms with Crippen LogP contribution < -0.4 is 0 Å². The van der Waals surface area contributed by atoms with Crippen molar-refractivity contribution in [3.8, 4) is 46.5 Å². The summed E-state index contributed by atoms with van der Waals surface area (Å²) < 4.78 is 110. The standard InChI is InChI=1S/C26H10F8N4/c27-23-19(13-1-5-17(6-2-13)25(29,30)31)21(15(9-35)10-36)24(28)20(22(23)16(11-37)12-38)14-3-7-18(8-4-14)26(32,33)34/h1-8,15-16H. The first-order valence-corrected chi connectivity index (χ1v) is 10.3. The number of nitrogens with zero attached hydrogens (tertiary/aromatic N) is 4. The van der Waals surface area contributed by atoms with E-state index in [1.165, 1.54) is 24.3 Å². The summed E-state index contributed by atoms with van der Waals surface area (Å²) in [5.74, 6) is -7.04. The molecule has 0 atom stereocenters. The van der Waals surface area contributed by atoms with Crippen molar-refractivity contribution in [2.75, 3.05) is 0 Å². The van der Waals surface area contributed by atoms with E-state index >= 15 is 8.78 Å². The highest BCUT2D eigenvalue weighted by Gasteiger charge is 2.36. The van der Waals surface area contributed by atoms with Crippen LogP contribution in [0.3, 0.4) is 0 Å². The molecule has 0 bridgehead atoms. The second-order valence-electron chi connectivity index (χ2n) is 7.74. The minimum Gasteiger partial charge on any atom is -0.206 e. The number of hydrogen-bond donors (Lipinski definition) is 0. The zero-order valence-corrected chi connectivity index (χ0v) is 18.6. The van der Waals surface area contributed by atoms with Crippen LogP contribution in [0.1, 0.15) is 34.1 Å². The van der Waals surface area contributed by atoms with Gasteiger partial charge >= 0.3 is 12.4 Å². The fourth-order valence-electron chi connectivity index (χ4n) is 3.80. The summed E-state index contributed by atoms with van der Waals surface area (Å²) in [4.78, 5) is 0. The summed E-state index contributed by atoms with van der Waals surface area (Å²) in [6, 6.07) is 10.9. The Morgan fingerprint density at radius 1 is 0.500 bits per heavy atom. The number of alkyl halides is 6. The molecule has 0 fully saturated rings. The average molecular weight is 530 g/mol. The van der Waals surface area contributed by atoms with Crippen molar-refractivity contribution < 1.29 is 35.1 Å². The highest BCUT2D eigenvalue weighted by molar-refractivity contribution is 5.81. The first-order chi connectivity index (χ1) is 17.8. The Morgan fingerprint density at radius 3 is 0.974 bits per heavy atom. The number of rotatable bonds is 4. The first kappa shape index (κ1) is 27.6. The SMILES string of the molecule is N#CC(C#N)c1c(F)c(-c2ccc(C(F)(F)F)cc2)c(C(C#N)C#N)c(F)c1-c1ccc(C(F)(F)F)cc1. The summed E-state index contributed by atoms with van der Waals surface area (Å²) in [7, 11) is 0. The molecule has 12 heteroatoms. The van der Waals surface area contributed by atoms with Gasteiger partial charge in [0.25, 0.3) is 0 Å². The van der Waals surface area contributed by atoms with Crippen LogP contribution in [0.15, 0.2) is 48.5 Å². The highest BCUT2D eigenvalue weighted by Crippen LogP contribution is 2.45. The summed E-state index contributed by atoms with van der Waals surface area (Å²) in [5.41, 5.74) is -6.62. The number of halogens is 8. The van der Waals surface area contributed by atoms with Crippen molar-refractivity contribution in [1.29, 1.82) is 21.0 Å². The molecule has 0 radical (unpaired) electrons. The molecule has 0 heterocycles. The van der Waals surface area contributed by atoms with E-state index in [1.807, 2.05) is 0 Å². The predicted molar refractivity (Wildman–Crippen MR) is 115 cm³/mol. The molecular weight excluding hydrogens is 520 g/mol. The number of hydrogen-bond acceptors (Lipinski definition) is 4. The molecular formula is C26H10F8N4. The lowest BCUT2D eigenvalue weighted by molar-refractivity contribution is -0.138. The fraction of sp³-hybridized carbons (Fsp3) is 0.154. The van der Waals surface area contributed by atoms with Crippen molar-refractivity contribution in [3.05, 3.63) is 82.4 Å². The van der Waals surface area contributed by atoms with Gasteiger partial charge in [0, 0.05) is 22.3 Å². The lowest BCUT2D eigenvalue weighted by Gasteiger charge is -2.21. The van der Waals surface area contributed by atoms with Gasteiger partial charge < -0.3 is 0 Å². The van der Waals surface area contributed by atoms with Crippen molar-refractivity contribution in [3.63, 3.8) is 0 Å². The molecule has 0 aliphatic rings. The summed E-state index contributed by atoms with van der Waals surface area (Å²) >= 11 is 0. The van der Waals surface area contributed by atoms with Gasteiger partial charge in [0.05, 0.1) is 35.4 Å². The average Bonchev–Trinajstić information content (AvgIpc) is 2.87. The second kappa shape index (κ2) is 10.2. The third-order valence-corrected chi connectivity index (χ3v) is 5.55. The fourth-order valence-corrected chi connectivity index (χ4v) is 3.80. The van der Waals surface area contributed by atoms with Crippen LogP contribution in [0, 0.1) is 57.0 Å². The van der Waals surface area contributed by atoms with Gasteiger partial charge in [-0.05, 0) is 35.4 Å². The van der Waals surface area contributed by atoms with Gasteiger partial charge in [-0.1, -0.05) is 24.3 Å². The Morgan fingerprint density at radius 2 is 0.763 bits per heavy atom. The van der Waals surface area contributed by atoms with E-state index in [9.17, 15) is 47.4 Å². The van der Waals surface area contributed by atoms with Crippen LogP contribution in [-0.4, -0.2) is 0 Å². The van der Waals surface area contributed by atoms with Crippen molar-refractivity contribution in [1.82, 2.24) is 0 Å². The lowest BCUT2D eigenvalue weighted by atomic mass is 9.81. The largest absolute Gasteiger partial charge is 0.416 e. The van der Waals surface area contributed by atoms with Gasteiger partial charge in [-0.2, -0.15) is 47.4 Å². The maximum atomic E-state index is 16.1. The van der Waals surface area contributed by atoms with E-state index in [-0.39, 0.29) is 0 Å². The molecule has 0 amide bonds. The Hall–Kier alpha value is -4.94. The van der Waals surface area contributed by atoms with Crippen molar-refractivity contribution in [2.45, 2.75) is 24.2 Å². The molecule has 0 saturated heterocycles. The van der Waals surface area contributed by atoms with E-state index in [0.29, 0.717) is 24.3 Å². The quantitative estimate of drug-likeness (QED) is 0.325. The third-order valence-electron chi connectivity index (χ3n) is 5.55. The van der Waals surface area contributed by atoms with Crippen LogP contribution >= 0.6 is 0 Å². The minimum absolute atomic E-state index is 0.408. The highest BCUT2D eigenvalue weighted by atomic mass is 19.4. The maximum absolute atomic E-state index is 16.1. The van der Waals surface area contributed by atoms with Crippen LogP contribution in [0.5, 0.6) is 0 Å². The van der Waals surface area contributed by atoms with Crippen molar-refractivity contribution >= 4 is 0 Å². The van der Waals surface area contributed by atoms with E-state index in [4.69, 9.17) is 0 Å². The molecule has 0 aliphatic heterocycles. The zero-order valence-electron chi connectivity index (χ0n) is 18.6. The van der Waals surface area contributed by atoms with E-state index in [1.54, 1.807) is 0 Å². The molecule has 0 aliphatic carbocycles. The molecule has 0 N–H and O–H groups in total. The van der Waals surface area contributed by atoms with Crippen LogP contribution in [0.2, 0.25) is 0 Å². The predicted octanol–water partition coefficient (Wildman–Crippen LogP) is 7.60. The Kier molecular flexibility index (Phi) is 7.42.